The largest absolute Gasteiger partial charge is 0.463 e. The van der Waals surface area contributed by atoms with Crippen LogP contribution in [0.5, 0.6) is 5.88 Å². The molecule has 0 unspecified atom stereocenters. The number of pyridine rings is 1. The topological polar surface area (TPSA) is 51.2 Å². The number of fused-ring (bicyclic) bond motifs is 1. The summed E-state index contributed by atoms with van der Waals surface area (Å²) in [6, 6.07) is 3.49. The van der Waals surface area contributed by atoms with Crippen LogP contribution in [0.25, 0.3) is 0 Å². The first-order valence-corrected chi connectivity index (χ1v) is 4.60. The summed E-state index contributed by atoms with van der Waals surface area (Å²) >= 11 is 3.22. The van der Waals surface area contributed by atoms with E-state index < -0.39 is 6.10 Å². The van der Waals surface area contributed by atoms with Gasteiger partial charge in [-0.15, -0.1) is 0 Å². The quantitative estimate of drug-likeness (QED) is 0.703. The summed E-state index contributed by atoms with van der Waals surface area (Å²) in [7, 11) is 0. The van der Waals surface area contributed by atoms with Crippen molar-refractivity contribution in [1.82, 2.24) is 4.98 Å². The number of rotatable bonds is 0. The predicted octanol–water partition coefficient (Wildman–Crippen LogP) is 1.56. The lowest BCUT2D eigenvalue weighted by Gasteiger charge is -2.21. The lowest BCUT2D eigenvalue weighted by Crippen LogP contribution is -2.34. The number of carbonyl (C=O) groups excluding carboxylic acids is 1. The van der Waals surface area contributed by atoms with Crippen molar-refractivity contribution in [2.45, 2.75) is 13.0 Å². The molecule has 1 aliphatic rings. The van der Waals surface area contributed by atoms with Crippen LogP contribution < -0.4 is 10.1 Å². The van der Waals surface area contributed by atoms with Gasteiger partial charge in [-0.1, -0.05) is 0 Å². The third kappa shape index (κ3) is 1.51. The number of carbonyl (C=O) groups is 1. The molecule has 0 aromatic carbocycles. The summed E-state index contributed by atoms with van der Waals surface area (Å²) in [5, 5.41) is 2.69. The van der Waals surface area contributed by atoms with Gasteiger partial charge in [-0.3, -0.25) is 4.79 Å². The highest BCUT2D eigenvalue weighted by atomic mass is 79.9. The lowest BCUT2D eigenvalue weighted by atomic mass is 10.3. The summed E-state index contributed by atoms with van der Waals surface area (Å²) in [5.41, 5.74) is 0.617. The predicted molar refractivity (Wildman–Crippen MR) is 50.7 cm³/mol. The van der Waals surface area contributed by atoms with Crippen molar-refractivity contribution in [3.05, 3.63) is 16.7 Å². The Balaban J connectivity index is 2.42. The number of ether oxygens (including phenoxy) is 1. The van der Waals surface area contributed by atoms with Gasteiger partial charge in [-0.25, -0.2) is 4.98 Å². The molecule has 0 saturated carbocycles. The van der Waals surface area contributed by atoms with Crippen LogP contribution in [0, 0.1) is 0 Å². The molecule has 1 aromatic rings. The third-order valence-electron chi connectivity index (χ3n) is 1.74. The molecule has 1 aromatic heterocycles. The van der Waals surface area contributed by atoms with Crippen LogP contribution in [-0.4, -0.2) is 17.0 Å². The van der Waals surface area contributed by atoms with Crippen LogP contribution in [0.2, 0.25) is 0 Å². The lowest BCUT2D eigenvalue weighted by molar-refractivity contribution is -0.122. The van der Waals surface area contributed by atoms with Gasteiger partial charge in [0.2, 0.25) is 5.88 Å². The smallest absolute Gasteiger partial charge is 0.265 e. The van der Waals surface area contributed by atoms with E-state index in [-0.39, 0.29) is 5.91 Å². The highest BCUT2D eigenvalue weighted by Gasteiger charge is 2.24. The first kappa shape index (κ1) is 8.50. The maximum absolute atomic E-state index is 11.2. The van der Waals surface area contributed by atoms with Crippen molar-refractivity contribution in [3.8, 4) is 5.88 Å². The minimum absolute atomic E-state index is 0.142. The average molecular weight is 243 g/mol. The van der Waals surface area contributed by atoms with Gasteiger partial charge < -0.3 is 10.1 Å². The van der Waals surface area contributed by atoms with E-state index in [0.29, 0.717) is 16.2 Å². The molecular formula is C8H7BrN2O2. The van der Waals surface area contributed by atoms with Gasteiger partial charge >= 0.3 is 0 Å². The van der Waals surface area contributed by atoms with Gasteiger partial charge in [-0.05, 0) is 35.0 Å². The number of hydrogen-bond acceptors (Lipinski definition) is 3. The minimum Gasteiger partial charge on any atom is -0.463 e. The normalized spacial score (nSPS) is 20.2. The van der Waals surface area contributed by atoms with E-state index in [4.69, 9.17) is 4.74 Å². The summed E-state index contributed by atoms with van der Waals surface area (Å²) in [4.78, 5) is 15.2. The molecular weight excluding hydrogens is 236 g/mol. The van der Waals surface area contributed by atoms with Crippen LogP contribution in [0.3, 0.4) is 0 Å². The van der Waals surface area contributed by atoms with E-state index in [1.54, 1.807) is 19.1 Å². The van der Waals surface area contributed by atoms with Crippen molar-refractivity contribution in [2.24, 2.45) is 0 Å². The number of hydrogen-bond donors (Lipinski definition) is 1. The van der Waals surface area contributed by atoms with Gasteiger partial charge in [0.15, 0.2) is 6.10 Å². The van der Waals surface area contributed by atoms with Crippen LogP contribution in [0.15, 0.2) is 16.7 Å². The molecule has 2 heterocycles. The average Bonchev–Trinajstić information content (AvgIpc) is 2.08. The first-order chi connectivity index (χ1) is 6.16. The van der Waals surface area contributed by atoms with E-state index in [2.05, 4.69) is 26.2 Å². The Morgan fingerprint density at radius 3 is 3.15 bits per heavy atom. The van der Waals surface area contributed by atoms with Crippen molar-refractivity contribution >= 4 is 27.5 Å². The second kappa shape index (κ2) is 2.99. The molecule has 0 spiro atoms. The molecule has 1 N–H and O–H groups in total. The second-order valence-corrected chi connectivity index (χ2v) is 3.55. The third-order valence-corrected chi connectivity index (χ3v) is 2.18. The molecule has 13 heavy (non-hydrogen) atoms. The van der Waals surface area contributed by atoms with Crippen molar-refractivity contribution in [3.63, 3.8) is 0 Å². The van der Waals surface area contributed by atoms with Gasteiger partial charge in [0.25, 0.3) is 5.91 Å². The second-order valence-electron chi connectivity index (χ2n) is 2.74. The number of nitrogens with one attached hydrogen (secondary N) is 1. The summed E-state index contributed by atoms with van der Waals surface area (Å²) in [5.74, 6) is 0.318. The van der Waals surface area contributed by atoms with Crippen LogP contribution in [-0.2, 0) is 4.79 Å². The van der Waals surface area contributed by atoms with Crippen LogP contribution in [0.1, 0.15) is 6.92 Å². The molecule has 5 heteroatoms. The SMILES string of the molecule is C[C@H]1Oc2nc(Br)ccc2NC1=O. The molecule has 1 aliphatic heterocycles. The standard InChI is InChI=1S/C8H7BrN2O2/c1-4-7(12)10-5-2-3-6(9)11-8(5)13-4/h2-4H,1H3,(H,10,12)/t4-/m1/s1. The fraction of sp³-hybridized carbons (Fsp3) is 0.250. The molecule has 0 fully saturated rings. The van der Waals surface area contributed by atoms with Gasteiger partial charge in [-0.2, -0.15) is 0 Å². The Bertz CT molecular complexity index is 367. The Morgan fingerprint density at radius 1 is 1.62 bits per heavy atom. The minimum atomic E-state index is -0.478. The van der Waals surface area contributed by atoms with Gasteiger partial charge in [0.1, 0.15) is 10.3 Å². The Hall–Kier alpha value is -1.10. The molecule has 1 amide bonds. The van der Waals surface area contributed by atoms with Gasteiger partial charge in [0.05, 0.1) is 0 Å². The van der Waals surface area contributed by atoms with Gasteiger partial charge in [0, 0.05) is 0 Å². The molecule has 1 atom stereocenters. The molecule has 0 aliphatic carbocycles. The maximum Gasteiger partial charge on any atom is 0.265 e. The Morgan fingerprint density at radius 2 is 2.38 bits per heavy atom. The van der Waals surface area contributed by atoms with Crippen LogP contribution in [0.4, 0.5) is 5.69 Å². The fourth-order valence-electron chi connectivity index (χ4n) is 1.06. The summed E-state index contributed by atoms with van der Waals surface area (Å²) in [6.07, 6.45) is -0.478. The maximum atomic E-state index is 11.2. The fourth-order valence-corrected chi connectivity index (χ4v) is 1.35. The number of halogens is 1. The van der Waals surface area contributed by atoms with E-state index in [9.17, 15) is 4.79 Å². The van der Waals surface area contributed by atoms with E-state index >= 15 is 0 Å². The monoisotopic (exact) mass is 242 g/mol. The Kier molecular flexibility index (Phi) is 1.95. The van der Waals surface area contributed by atoms with Crippen molar-refractivity contribution < 1.29 is 9.53 Å². The zero-order valence-electron chi connectivity index (χ0n) is 6.87. The Labute approximate surface area is 83.4 Å². The molecule has 0 radical (unpaired) electrons. The zero-order chi connectivity index (χ0) is 9.42. The summed E-state index contributed by atoms with van der Waals surface area (Å²) < 4.78 is 5.96. The number of nitrogens with zero attached hydrogens (tertiary/aromatic N) is 1. The van der Waals surface area contributed by atoms with E-state index in [1.165, 1.54) is 0 Å². The van der Waals surface area contributed by atoms with Crippen LogP contribution >= 0.6 is 15.9 Å². The zero-order valence-corrected chi connectivity index (χ0v) is 8.46. The number of amides is 1. The number of anilines is 1. The molecule has 4 nitrogen and oxygen atoms in total. The van der Waals surface area contributed by atoms with Crippen molar-refractivity contribution in [2.75, 3.05) is 5.32 Å². The van der Waals surface area contributed by atoms with E-state index in [0.717, 1.165) is 0 Å². The van der Waals surface area contributed by atoms with E-state index in [1.807, 2.05) is 0 Å². The molecule has 68 valence electrons. The molecule has 0 saturated heterocycles. The first-order valence-electron chi connectivity index (χ1n) is 3.81. The highest BCUT2D eigenvalue weighted by Crippen LogP contribution is 2.28. The highest BCUT2D eigenvalue weighted by molar-refractivity contribution is 9.10. The molecule has 0 bridgehead atoms. The summed E-state index contributed by atoms with van der Waals surface area (Å²) in [6.45, 7) is 1.68. The van der Waals surface area contributed by atoms with Crippen molar-refractivity contribution in [1.29, 1.82) is 0 Å². The molecule has 2 rings (SSSR count). The number of aromatic nitrogens is 1.